The van der Waals surface area contributed by atoms with Crippen LogP contribution in [0.5, 0.6) is 0 Å². The van der Waals surface area contributed by atoms with Gasteiger partial charge >= 0.3 is 0 Å². The molecule has 0 aromatic rings. The predicted molar refractivity (Wildman–Crippen MR) is 41.8 cm³/mol. The quantitative estimate of drug-likeness (QED) is 0.355. The average molecular weight is 163 g/mol. The van der Waals surface area contributed by atoms with E-state index < -0.39 is 5.79 Å². The van der Waals surface area contributed by atoms with Gasteiger partial charge in [-0.25, -0.2) is 5.90 Å². The molecule has 0 aliphatic carbocycles. The summed E-state index contributed by atoms with van der Waals surface area (Å²) in [5.41, 5.74) is 0. The lowest BCUT2D eigenvalue weighted by atomic mass is 10.4. The van der Waals surface area contributed by atoms with Crippen molar-refractivity contribution in [3.8, 4) is 0 Å². The van der Waals surface area contributed by atoms with Gasteiger partial charge in [-0.1, -0.05) is 0 Å². The van der Waals surface area contributed by atoms with Gasteiger partial charge in [-0.3, -0.25) is 0 Å². The van der Waals surface area contributed by atoms with E-state index in [1.165, 1.54) is 0 Å². The number of nitrogens with two attached hydrogens (primary N) is 1. The van der Waals surface area contributed by atoms with Crippen LogP contribution in [0.1, 0.15) is 20.3 Å². The first kappa shape index (κ1) is 10.8. The Kier molecular flexibility index (Phi) is 5.41. The Morgan fingerprint density at radius 1 is 1.27 bits per heavy atom. The van der Waals surface area contributed by atoms with Gasteiger partial charge in [0.15, 0.2) is 5.79 Å². The van der Waals surface area contributed by atoms with Gasteiger partial charge in [-0.2, -0.15) is 0 Å². The molecule has 0 bridgehead atoms. The van der Waals surface area contributed by atoms with Crippen LogP contribution in [0, 0.1) is 0 Å². The summed E-state index contributed by atoms with van der Waals surface area (Å²) in [4.78, 5) is 4.37. The first-order chi connectivity index (χ1) is 5.12. The van der Waals surface area contributed by atoms with Crippen molar-refractivity contribution in [3.63, 3.8) is 0 Å². The molecule has 0 saturated heterocycles. The topological polar surface area (TPSA) is 53.7 Å². The van der Waals surface area contributed by atoms with E-state index in [0.717, 1.165) is 6.42 Å². The second-order valence-corrected chi connectivity index (χ2v) is 2.68. The highest BCUT2D eigenvalue weighted by atomic mass is 16.7. The SMILES string of the molecule is COC(C)(C)OCCCON. The summed E-state index contributed by atoms with van der Waals surface area (Å²) in [5.74, 6) is 4.32. The summed E-state index contributed by atoms with van der Waals surface area (Å²) in [7, 11) is 1.61. The molecule has 0 fully saturated rings. The number of methoxy groups -OCH3 is 1. The zero-order chi connectivity index (χ0) is 8.74. The molecule has 0 atom stereocenters. The Hall–Kier alpha value is -0.160. The minimum absolute atomic E-state index is 0.505. The highest BCUT2D eigenvalue weighted by Crippen LogP contribution is 2.08. The van der Waals surface area contributed by atoms with Crippen LogP contribution in [0.4, 0.5) is 0 Å². The van der Waals surface area contributed by atoms with Crippen molar-refractivity contribution in [3.05, 3.63) is 0 Å². The van der Waals surface area contributed by atoms with Crippen molar-refractivity contribution in [2.75, 3.05) is 20.3 Å². The van der Waals surface area contributed by atoms with Gasteiger partial charge in [0.2, 0.25) is 0 Å². The summed E-state index contributed by atoms with van der Waals surface area (Å²) in [5, 5.41) is 0. The third-order valence-corrected chi connectivity index (χ3v) is 1.35. The Morgan fingerprint density at radius 3 is 2.36 bits per heavy atom. The van der Waals surface area contributed by atoms with E-state index in [2.05, 4.69) is 4.84 Å². The van der Waals surface area contributed by atoms with Crippen LogP contribution < -0.4 is 5.90 Å². The van der Waals surface area contributed by atoms with E-state index >= 15 is 0 Å². The Labute approximate surface area is 67.6 Å². The van der Waals surface area contributed by atoms with Gasteiger partial charge in [0.05, 0.1) is 13.2 Å². The van der Waals surface area contributed by atoms with Crippen molar-refractivity contribution in [1.29, 1.82) is 0 Å². The molecule has 11 heavy (non-hydrogen) atoms. The average Bonchev–Trinajstić information content (AvgIpc) is 1.99. The van der Waals surface area contributed by atoms with Crippen molar-refractivity contribution < 1.29 is 14.3 Å². The van der Waals surface area contributed by atoms with Crippen molar-refractivity contribution in [1.82, 2.24) is 0 Å². The van der Waals surface area contributed by atoms with Gasteiger partial charge in [0.1, 0.15) is 0 Å². The highest BCUT2D eigenvalue weighted by molar-refractivity contribution is 4.51. The van der Waals surface area contributed by atoms with Crippen LogP contribution in [0.15, 0.2) is 0 Å². The molecule has 0 saturated carbocycles. The first-order valence-corrected chi connectivity index (χ1v) is 3.63. The molecule has 0 aromatic carbocycles. The maximum absolute atomic E-state index is 5.32. The van der Waals surface area contributed by atoms with Crippen LogP contribution >= 0.6 is 0 Å². The van der Waals surface area contributed by atoms with Crippen molar-refractivity contribution >= 4 is 0 Å². The second-order valence-electron chi connectivity index (χ2n) is 2.68. The van der Waals surface area contributed by atoms with Crippen LogP contribution in [-0.4, -0.2) is 26.1 Å². The standard InChI is InChI=1S/C7H17NO3/c1-7(2,9-3)10-5-4-6-11-8/h4-6,8H2,1-3H3. The largest absolute Gasteiger partial charge is 0.354 e. The zero-order valence-corrected chi connectivity index (χ0v) is 7.42. The maximum atomic E-state index is 5.32. The summed E-state index contributed by atoms with van der Waals surface area (Å²) < 4.78 is 10.3. The molecule has 0 heterocycles. The van der Waals surface area contributed by atoms with Gasteiger partial charge < -0.3 is 14.3 Å². The smallest absolute Gasteiger partial charge is 0.162 e. The lowest BCUT2D eigenvalue weighted by Crippen LogP contribution is -2.27. The molecule has 0 unspecified atom stereocenters. The van der Waals surface area contributed by atoms with Crippen LogP contribution in [0.2, 0.25) is 0 Å². The molecular formula is C7H17NO3. The van der Waals surface area contributed by atoms with E-state index in [1.54, 1.807) is 7.11 Å². The fourth-order valence-corrected chi connectivity index (χ4v) is 0.519. The Balaban J connectivity index is 3.23. The van der Waals surface area contributed by atoms with E-state index in [0.29, 0.717) is 13.2 Å². The molecule has 0 amide bonds. The van der Waals surface area contributed by atoms with E-state index in [1.807, 2.05) is 13.8 Å². The summed E-state index contributed by atoms with van der Waals surface area (Å²) in [6.07, 6.45) is 0.781. The molecule has 2 N–H and O–H groups in total. The monoisotopic (exact) mass is 163 g/mol. The number of rotatable bonds is 6. The lowest BCUT2D eigenvalue weighted by Gasteiger charge is -2.23. The molecule has 0 radical (unpaired) electrons. The normalized spacial score (nSPS) is 12.0. The van der Waals surface area contributed by atoms with Crippen molar-refractivity contribution in [2.45, 2.75) is 26.1 Å². The van der Waals surface area contributed by atoms with Gasteiger partial charge in [0, 0.05) is 7.11 Å². The molecule has 4 heteroatoms. The molecule has 68 valence electrons. The minimum atomic E-state index is -0.505. The fraction of sp³-hybridized carbons (Fsp3) is 1.00. The number of hydrogen-bond acceptors (Lipinski definition) is 4. The summed E-state index contributed by atoms with van der Waals surface area (Å²) in [6.45, 7) is 4.82. The third-order valence-electron chi connectivity index (χ3n) is 1.35. The van der Waals surface area contributed by atoms with Crippen LogP contribution in [0.3, 0.4) is 0 Å². The molecular weight excluding hydrogens is 146 g/mol. The summed E-state index contributed by atoms with van der Waals surface area (Å²) >= 11 is 0. The molecule has 0 spiro atoms. The number of hydrogen-bond donors (Lipinski definition) is 1. The predicted octanol–water partition coefficient (Wildman–Crippen LogP) is 0.666. The van der Waals surface area contributed by atoms with Crippen LogP contribution in [-0.2, 0) is 14.3 Å². The highest BCUT2D eigenvalue weighted by Gasteiger charge is 2.15. The molecule has 0 aromatic heterocycles. The lowest BCUT2D eigenvalue weighted by molar-refractivity contribution is -0.198. The fourth-order valence-electron chi connectivity index (χ4n) is 0.519. The summed E-state index contributed by atoms with van der Waals surface area (Å²) in [6, 6.07) is 0. The molecule has 4 nitrogen and oxygen atoms in total. The molecule has 0 rings (SSSR count). The Morgan fingerprint density at radius 2 is 1.91 bits per heavy atom. The van der Waals surface area contributed by atoms with Crippen molar-refractivity contribution in [2.24, 2.45) is 5.90 Å². The third kappa shape index (κ3) is 6.25. The number of ether oxygens (including phenoxy) is 2. The van der Waals surface area contributed by atoms with Gasteiger partial charge in [-0.05, 0) is 20.3 Å². The van der Waals surface area contributed by atoms with Gasteiger partial charge in [-0.15, -0.1) is 0 Å². The van der Waals surface area contributed by atoms with E-state index in [4.69, 9.17) is 15.4 Å². The maximum Gasteiger partial charge on any atom is 0.162 e. The van der Waals surface area contributed by atoms with E-state index in [-0.39, 0.29) is 0 Å². The first-order valence-electron chi connectivity index (χ1n) is 3.63. The zero-order valence-electron chi connectivity index (χ0n) is 7.42. The molecule has 0 aliphatic rings. The minimum Gasteiger partial charge on any atom is -0.354 e. The van der Waals surface area contributed by atoms with Crippen LogP contribution in [0.25, 0.3) is 0 Å². The van der Waals surface area contributed by atoms with E-state index in [9.17, 15) is 0 Å². The molecule has 0 aliphatic heterocycles. The second kappa shape index (κ2) is 5.49. The Bertz CT molecular complexity index is 95.7. The van der Waals surface area contributed by atoms with Gasteiger partial charge in [0.25, 0.3) is 0 Å².